The van der Waals surface area contributed by atoms with Crippen molar-refractivity contribution in [2.75, 3.05) is 4.90 Å². The second kappa shape index (κ2) is 16.4. The Bertz CT molecular complexity index is 3790. The van der Waals surface area contributed by atoms with Gasteiger partial charge in [0.1, 0.15) is 11.2 Å². The Morgan fingerprint density at radius 1 is 0.418 bits per heavy atom. The fraction of sp³-hybridized carbons (Fsp3) is 0.0938. The van der Waals surface area contributed by atoms with Crippen LogP contribution >= 0.6 is 0 Å². The molecule has 2 aromatic heterocycles. The van der Waals surface area contributed by atoms with Crippen LogP contribution < -0.4 is 4.90 Å². The highest BCUT2D eigenvalue weighted by molar-refractivity contribution is 6.14. The van der Waals surface area contributed by atoms with E-state index in [0.717, 1.165) is 61.4 Å². The summed E-state index contributed by atoms with van der Waals surface area (Å²) in [6, 6.07) is 82.3. The summed E-state index contributed by atoms with van der Waals surface area (Å²) in [7, 11) is 0. The quantitative estimate of drug-likeness (QED) is 0.152. The van der Waals surface area contributed by atoms with E-state index in [4.69, 9.17) is 4.42 Å². The molecule has 1 aliphatic rings. The predicted octanol–water partition coefficient (Wildman–Crippen LogP) is 18.4. The molecular weight excluding hydrogens is 813 g/mol. The number of furan rings is 1. The number of hydrogen-bond acceptors (Lipinski definition) is 2. The largest absolute Gasteiger partial charge is 0.456 e. The molecule has 2 heterocycles. The Balaban J connectivity index is 1.02. The molecular formula is C64H48N2O. The van der Waals surface area contributed by atoms with E-state index in [-0.39, 0.29) is 0 Å². The fourth-order valence-electron chi connectivity index (χ4n) is 11.3. The number of anilines is 3. The van der Waals surface area contributed by atoms with Crippen molar-refractivity contribution < 1.29 is 4.42 Å². The molecule has 0 saturated heterocycles. The minimum atomic E-state index is 0.563. The van der Waals surface area contributed by atoms with E-state index in [0.29, 0.717) is 5.92 Å². The SMILES string of the molecule is c1ccc(-n2c3ccccc3c3cccc(-c4ccc(N(c5ccccc5-c5ccc6c(c5)oc5ccccc56)c5ccccc5-c5cccc6cccc(C7CCCCC7)c56)cc4)c32)cc1. The minimum Gasteiger partial charge on any atom is -0.456 e. The molecule has 10 aromatic carbocycles. The number of hydrogen-bond donors (Lipinski definition) is 0. The monoisotopic (exact) mass is 860 g/mol. The lowest BCUT2D eigenvalue weighted by Gasteiger charge is -2.31. The van der Waals surface area contributed by atoms with E-state index in [2.05, 4.69) is 228 Å². The number of fused-ring (bicyclic) bond motifs is 7. The van der Waals surface area contributed by atoms with Crippen LogP contribution in [0.4, 0.5) is 17.1 Å². The Hall–Kier alpha value is -8.14. The Morgan fingerprint density at radius 2 is 1.03 bits per heavy atom. The van der Waals surface area contributed by atoms with Gasteiger partial charge in [-0.25, -0.2) is 0 Å². The normalized spacial score (nSPS) is 13.3. The van der Waals surface area contributed by atoms with E-state index in [1.54, 1.807) is 0 Å². The van der Waals surface area contributed by atoms with Crippen LogP contribution in [0, 0.1) is 0 Å². The van der Waals surface area contributed by atoms with Crippen molar-refractivity contribution in [2.24, 2.45) is 0 Å². The molecule has 1 fully saturated rings. The van der Waals surface area contributed by atoms with Gasteiger partial charge in [0, 0.05) is 49.6 Å². The van der Waals surface area contributed by atoms with Crippen molar-refractivity contribution in [3.63, 3.8) is 0 Å². The molecule has 1 aliphatic carbocycles. The fourth-order valence-corrected chi connectivity index (χ4v) is 11.3. The van der Waals surface area contributed by atoms with E-state index in [9.17, 15) is 0 Å². The first-order valence-electron chi connectivity index (χ1n) is 23.9. The first-order valence-corrected chi connectivity index (χ1v) is 23.9. The highest BCUT2D eigenvalue weighted by Crippen LogP contribution is 2.49. The summed E-state index contributed by atoms with van der Waals surface area (Å²) in [5, 5.41) is 7.43. The maximum atomic E-state index is 6.49. The van der Waals surface area contributed by atoms with E-state index >= 15 is 0 Å². The van der Waals surface area contributed by atoms with Crippen molar-refractivity contribution >= 4 is 71.6 Å². The minimum absolute atomic E-state index is 0.563. The average molecular weight is 861 g/mol. The second-order valence-electron chi connectivity index (χ2n) is 18.2. The standard InChI is InChI=1S/C64H48N2O/c1-3-18-43(19-4-1)50-28-15-20-45-21-16-30-56(63(45)50)52-25-8-12-33-59(52)65(58-32-11-7-24-49(58)46-38-41-55-54-27-10-14-35-61(54)67-62(55)42-46)48-39-36-44(37-40-48)51-29-17-31-57-53-26-9-13-34-60(53)66(64(51)57)47-22-5-2-6-23-47/h2,5-17,20-43H,1,3-4,18-19H2. The maximum absolute atomic E-state index is 6.49. The van der Waals surface area contributed by atoms with Crippen molar-refractivity contribution in [1.29, 1.82) is 0 Å². The van der Waals surface area contributed by atoms with Crippen LogP contribution in [0.25, 0.3) is 93.6 Å². The second-order valence-corrected chi connectivity index (χ2v) is 18.2. The van der Waals surface area contributed by atoms with Crippen molar-refractivity contribution in [3.05, 3.63) is 230 Å². The molecule has 0 atom stereocenters. The third-order valence-corrected chi connectivity index (χ3v) is 14.4. The van der Waals surface area contributed by atoms with E-state index in [1.165, 1.54) is 86.9 Å². The molecule has 12 aromatic rings. The molecule has 320 valence electrons. The van der Waals surface area contributed by atoms with Crippen LogP contribution in [0.1, 0.15) is 43.6 Å². The lowest BCUT2D eigenvalue weighted by Crippen LogP contribution is -2.12. The smallest absolute Gasteiger partial charge is 0.136 e. The highest BCUT2D eigenvalue weighted by Gasteiger charge is 2.25. The summed E-state index contributed by atoms with van der Waals surface area (Å²) in [5.74, 6) is 0.563. The van der Waals surface area contributed by atoms with Crippen LogP contribution in [-0.4, -0.2) is 4.57 Å². The molecule has 3 nitrogen and oxygen atoms in total. The number of nitrogens with zero attached hydrogens (tertiary/aromatic N) is 2. The predicted molar refractivity (Wildman–Crippen MR) is 282 cm³/mol. The number of aromatic nitrogens is 1. The van der Waals surface area contributed by atoms with Crippen LogP contribution in [0.2, 0.25) is 0 Å². The van der Waals surface area contributed by atoms with Gasteiger partial charge in [0.05, 0.1) is 22.4 Å². The van der Waals surface area contributed by atoms with Crippen LogP contribution in [0.15, 0.2) is 229 Å². The molecule has 0 bridgehead atoms. The molecule has 13 rings (SSSR count). The molecule has 3 heteroatoms. The first-order chi connectivity index (χ1) is 33.3. The van der Waals surface area contributed by atoms with Gasteiger partial charge in [-0.15, -0.1) is 0 Å². The van der Waals surface area contributed by atoms with Crippen molar-refractivity contribution in [2.45, 2.75) is 38.0 Å². The summed E-state index contributed by atoms with van der Waals surface area (Å²) in [6.45, 7) is 0. The van der Waals surface area contributed by atoms with E-state index in [1.807, 2.05) is 6.07 Å². The Morgan fingerprint density at radius 3 is 1.87 bits per heavy atom. The molecule has 0 N–H and O–H groups in total. The van der Waals surface area contributed by atoms with Crippen LogP contribution in [-0.2, 0) is 0 Å². The number of benzene rings is 10. The zero-order valence-corrected chi connectivity index (χ0v) is 37.3. The summed E-state index contributed by atoms with van der Waals surface area (Å²) in [5.41, 5.74) is 17.2. The molecule has 0 unspecified atom stereocenters. The highest BCUT2D eigenvalue weighted by atomic mass is 16.3. The zero-order valence-electron chi connectivity index (χ0n) is 37.3. The van der Waals surface area contributed by atoms with Gasteiger partial charge in [0.25, 0.3) is 0 Å². The van der Waals surface area contributed by atoms with Gasteiger partial charge in [0.2, 0.25) is 0 Å². The van der Waals surface area contributed by atoms with Gasteiger partial charge in [-0.2, -0.15) is 0 Å². The molecule has 0 spiro atoms. The zero-order chi connectivity index (χ0) is 44.3. The van der Waals surface area contributed by atoms with Crippen LogP contribution in [0.3, 0.4) is 0 Å². The van der Waals surface area contributed by atoms with Crippen molar-refractivity contribution in [3.8, 4) is 39.1 Å². The van der Waals surface area contributed by atoms with Gasteiger partial charge >= 0.3 is 0 Å². The number of rotatable bonds is 8. The molecule has 1 saturated carbocycles. The maximum Gasteiger partial charge on any atom is 0.136 e. The average Bonchev–Trinajstić information content (AvgIpc) is 3.95. The molecule has 0 radical (unpaired) electrons. The van der Waals surface area contributed by atoms with Gasteiger partial charge in [-0.3, -0.25) is 0 Å². The lowest BCUT2D eigenvalue weighted by atomic mass is 9.80. The molecule has 0 amide bonds. The summed E-state index contributed by atoms with van der Waals surface area (Å²) >= 11 is 0. The Labute approximate surface area is 390 Å². The third kappa shape index (κ3) is 6.64. The molecule has 67 heavy (non-hydrogen) atoms. The third-order valence-electron chi connectivity index (χ3n) is 14.4. The summed E-state index contributed by atoms with van der Waals surface area (Å²) in [4.78, 5) is 2.49. The molecule has 0 aliphatic heterocycles. The van der Waals surface area contributed by atoms with Crippen LogP contribution in [0.5, 0.6) is 0 Å². The van der Waals surface area contributed by atoms with Gasteiger partial charge in [0.15, 0.2) is 0 Å². The van der Waals surface area contributed by atoms with Gasteiger partial charge in [-0.1, -0.05) is 183 Å². The van der Waals surface area contributed by atoms with Gasteiger partial charge in [-0.05, 0) is 112 Å². The number of para-hydroxylation sites is 6. The van der Waals surface area contributed by atoms with Gasteiger partial charge < -0.3 is 13.9 Å². The lowest BCUT2D eigenvalue weighted by molar-refractivity contribution is 0.445. The topological polar surface area (TPSA) is 21.3 Å². The summed E-state index contributed by atoms with van der Waals surface area (Å²) in [6.07, 6.45) is 6.41. The van der Waals surface area contributed by atoms with Crippen molar-refractivity contribution in [1.82, 2.24) is 4.57 Å². The van der Waals surface area contributed by atoms with E-state index < -0.39 is 0 Å². The Kier molecular flexibility index (Phi) is 9.60. The summed E-state index contributed by atoms with van der Waals surface area (Å²) < 4.78 is 8.92. The first kappa shape index (κ1) is 39.2.